The molecule has 0 unspecified atom stereocenters. The lowest BCUT2D eigenvalue weighted by Gasteiger charge is -2.03. The van der Waals surface area contributed by atoms with Crippen molar-refractivity contribution in [1.82, 2.24) is 4.98 Å². The lowest BCUT2D eigenvalue weighted by atomic mass is 10.2. The van der Waals surface area contributed by atoms with Crippen LogP contribution in [0.15, 0.2) is 58.8 Å². The Bertz CT molecular complexity index is 845. The van der Waals surface area contributed by atoms with Gasteiger partial charge in [-0.25, -0.2) is 9.78 Å². The van der Waals surface area contributed by atoms with Crippen molar-refractivity contribution < 1.29 is 9.53 Å². The van der Waals surface area contributed by atoms with Gasteiger partial charge in [-0.1, -0.05) is 41.4 Å². The van der Waals surface area contributed by atoms with E-state index >= 15 is 0 Å². The zero-order valence-electron chi connectivity index (χ0n) is 13.6. The summed E-state index contributed by atoms with van der Waals surface area (Å²) >= 11 is 8.91. The molecule has 0 N–H and O–H groups in total. The van der Waals surface area contributed by atoms with Crippen LogP contribution in [0.1, 0.15) is 16.1 Å². The van der Waals surface area contributed by atoms with Crippen LogP contribution in [0, 0.1) is 6.92 Å². The van der Waals surface area contributed by atoms with Crippen LogP contribution >= 0.6 is 34.7 Å². The van der Waals surface area contributed by atoms with Crippen LogP contribution in [0.5, 0.6) is 0 Å². The number of carbonyl (C=O) groups excluding carboxylic acids is 1. The summed E-state index contributed by atoms with van der Waals surface area (Å²) in [7, 11) is 0. The fourth-order valence-electron chi connectivity index (χ4n) is 2.09. The van der Waals surface area contributed by atoms with Gasteiger partial charge in [0.15, 0.2) is 5.69 Å². The van der Waals surface area contributed by atoms with Gasteiger partial charge in [0.05, 0.1) is 0 Å². The van der Waals surface area contributed by atoms with E-state index in [-0.39, 0.29) is 5.97 Å². The molecule has 0 aliphatic carbocycles. The Balaban J connectivity index is 1.50. The number of thioether (sulfide) groups is 1. The van der Waals surface area contributed by atoms with Gasteiger partial charge in [-0.3, -0.25) is 0 Å². The number of halogens is 1. The van der Waals surface area contributed by atoms with Crippen molar-refractivity contribution in [2.45, 2.75) is 11.8 Å². The number of nitrogens with zero attached hydrogens (tertiary/aromatic N) is 1. The third-order valence-electron chi connectivity index (χ3n) is 3.41. The number of carbonyl (C=O) groups is 1. The van der Waals surface area contributed by atoms with Gasteiger partial charge in [-0.2, -0.15) is 0 Å². The fraction of sp³-hybridized carbons (Fsp3) is 0.158. The molecule has 0 aliphatic heterocycles. The van der Waals surface area contributed by atoms with E-state index in [0.717, 1.165) is 15.5 Å². The minimum absolute atomic E-state index is 0.337. The van der Waals surface area contributed by atoms with Crippen molar-refractivity contribution in [1.29, 1.82) is 0 Å². The number of esters is 1. The van der Waals surface area contributed by atoms with Crippen LogP contribution in [0.25, 0.3) is 10.6 Å². The molecular weight excluding hydrogens is 374 g/mol. The summed E-state index contributed by atoms with van der Waals surface area (Å²) in [6.45, 7) is 2.37. The molecule has 1 heterocycles. The number of aryl methyl sites for hydroxylation is 1. The van der Waals surface area contributed by atoms with Crippen molar-refractivity contribution in [3.63, 3.8) is 0 Å². The number of ether oxygens (including phenoxy) is 1. The molecule has 1 aromatic heterocycles. The van der Waals surface area contributed by atoms with Gasteiger partial charge in [0.25, 0.3) is 0 Å². The molecule has 0 atom stereocenters. The lowest BCUT2D eigenvalue weighted by Crippen LogP contribution is -2.08. The highest BCUT2D eigenvalue weighted by atomic mass is 35.5. The smallest absolute Gasteiger partial charge is 0.357 e. The highest BCUT2D eigenvalue weighted by Gasteiger charge is 2.13. The third-order valence-corrected chi connectivity index (χ3v) is 5.53. The molecular formula is C19H16ClNO2S2. The first kappa shape index (κ1) is 18.0. The van der Waals surface area contributed by atoms with Crippen LogP contribution in [0.3, 0.4) is 0 Å². The molecule has 3 nitrogen and oxygen atoms in total. The molecule has 0 fully saturated rings. The zero-order valence-corrected chi connectivity index (χ0v) is 16.0. The fourth-order valence-corrected chi connectivity index (χ4v) is 3.75. The van der Waals surface area contributed by atoms with Gasteiger partial charge in [0.1, 0.15) is 11.6 Å². The Kier molecular flexibility index (Phi) is 6.13. The van der Waals surface area contributed by atoms with E-state index in [1.54, 1.807) is 17.1 Å². The monoisotopic (exact) mass is 389 g/mol. The maximum Gasteiger partial charge on any atom is 0.357 e. The molecule has 128 valence electrons. The quantitative estimate of drug-likeness (QED) is 0.307. The van der Waals surface area contributed by atoms with Crippen LogP contribution in [0.2, 0.25) is 5.02 Å². The van der Waals surface area contributed by atoms with Crippen LogP contribution in [0.4, 0.5) is 0 Å². The Labute approximate surface area is 160 Å². The number of hydrogen-bond acceptors (Lipinski definition) is 5. The van der Waals surface area contributed by atoms with Gasteiger partial charge < -0.3 is 4.74 Å². The number of rotatable bonds is 6. The number of hydrogen-bond donors (Lipinski definition) is 0. The minimum atomic E-state index is -0.383. The largest absolute Gasteiger partial charge is 0.460 e. The van der Waals surface area contributed by atoms with Crippen molar-refractivity contribution in [3.05, 3.63) is 70.2 Å². The predicted octanol–water partition coefficient (Wildman–Crippen LogP) is 5.72. The van der Waals surface area contributed by atoms with Crippen molar-refractivity contribution >= 4 is 40.7 Å². The summed E-state index contributed by atoms with van der Waals surface area (Å²) in [5.41, 5.74) is 2.56. The normalized spacial score (nSPS) is 10.6. The number of thiazole rings is 1. The zero-order chi connectivity index (χ0) is 17.6. The molecule has 0 amide bonds. The van der Waals surface area contributed by atoms with E-state index in [4.69, 9.17) is 16.3 Å². The Morgan fingerprint density at radius 1 is 1.16 bits per heavy atom. The van der Waals surface area contributed by atoms with E-state index in [1.165, 1.54) is 16.9 Å². The maximum absolute atomic E-state index is 12.1. The van der Waals surface area contributed by atoms with Crippen molar-refractivity contribution in [3.8, 4) is 10.6 Å². The molecule has 0 spiro atoms. The number of aromatic nitrogens is 1. The molecule has 2 aromatic carbocycles. The summed E-state index contributed by atoms with van der Waals surface area (Å²) < 4.78 is 5.30. The average molecular weight is 390 g/mol. The van der Waals surface area contributed by atoms with Gasteiger partial charge in [0, 0.05) is 26.6 Å². The van der Waals surface area contributed by atoms with Crippen molar-refractivity contribution in [2.75, 3.05) is 12.4 Å². The van der Waals surface area contributed by atoms with Crippen molar-refractivity contribution in [2.24, 2.45) is 0 Å². The average Bonchev–Trinajstić information content (AvgIpc) is 3.11. The summed E-state index contributed by atoms with van der Waals surface area (Å²) in [5, 5.41) is 3.27. The molecule has 0 aliphatic rings. The third kappa shape index (κ3) is 5.08. The topological polar surface area (TPSA) is 39.2 Å². The van der Waals surface area contributed by atoms with Gasteiger partial charge >= 0.3 is 5.97 Å². The molecule has 0 bridgehead atoms. The molecule has 3 aromatic rings. The first-order valence-corrected chi connectivity index (χ1v) is 9.94. The SMILES string of the molecule is Cc1ccc(-c2nc(C(=O)OCCSc3ccc(Cl)cc3)cs2)cc1. The Morgan fingerprint density at radius 2 is 1.88 bits per heavy atom. The van der Waals surface area contributed by atoms with E-state index < -0.39 is 0 Å². The summed E-state index contributed by atoms with van der Waals surface area (Å²) in [5.74, 6) is 0.300. The van der Waals surface area contributed by atoms with E-state index in [1.807, 2.05) is 55.5 Å². The second-order valence-electron chi connectivity index (χ2n) is 5.34. The summed E-state index contributed by atoms with van der Waals surface area (Å²) in [6, 6.07) is 15.7. The standard InChI is InChI=1S/C19H16ClNO2S2/c1-13-2-4-14(5-3-13)18-21-17(12-25-18)19(22)23-10-11-24-16-8-6-15(20)7-9-16/h2-9,12H,10-11H2,1H3. The van der Waals surface area contributed by atoms with Gasteiger partial charge in [-0.05, 0) is 31.2 Å². The summed E-state index contributed by atoms with van der Waals surface area (Å²) in [6.07, 6.45) is 0. The first-order valence-electron chi connectivity index (χ1n) is 7.70. The Morgan fingerprint density at radius 3 is 2.60 bits per heavy atom. The lowest BCUT2D eigenvalue weighted by molar-refractivity contribution is 0.0524. The predicted molar refractivity (Wildman–Crippen MR) is 105 cm³/mol. The van der Waals surface area contributed by atoms with Crippen LogP contribution in [-0.4, -0.2) is 23.3 Å². The van der Waals surface area contributed by atoms with Crippen LogP contribution < -0.4 is 0 Å². The first-order chi connectivity index (χ1) is 12.1. The number of benzene rings is 2. The van der Waals surface area contributed by atoms with E-state index in [9.17, 15) is 4.79 Å². The summed E-state index contributed by atoms with van der Waals surface area (Å²) in [4.78, 5) is 17.6. The molecule has 0 saturated carbocycles. The minimum Gasteiger partial charge on any atom is -0.460 e. The van der Waals surface area contributed by atoms with E-state index in [0.29, 0.717) is 23.1 Å². The molecule has 0 saturated heterocycles. The maximum atomic E-state index is 12.1. The van der Waals surface area contributed by atoms with Crippen LogP contribution in [-0.2, 0) is 4.74 Å². The highest BCUT2D eigenvalue weighted by Crippen LogP contribution is 2.24. The van der Waals surface area contributed by atoms with Gasteiger partial charge in [-0.15, -0.1) is 23.1 Å². The second kappa shape index (κ2) is 8.52. The molecule has 3 rings (SSSR count). The highest BCUT2D eigenvalue weighted by molar-refractivity contribution is 7.99. The van der Waals surface area contributed by atoms with Gasteiger partial charge in [0.2, 0.25) is 0 Å². The molecule has 25 heavy (non-hydrogen) atoms. The second-order valence-corrected chi connectivity index (χ2v) is 7.81. The van der Waals surface area contributed by atoms with E-state index in [2.05, 4.69) is 4.98 Å². The molecule has 0 radical (unpaired) electrons. The molecule has 6 heteroatoms. The Hall–Kier alpha value is -1.82.